The second-order valence-corrected chi connectivity index (χ2v) is 5.42. The first-order valence-corrected chi connectivity index (χ1v) is 7.26. The topological polar surface area (TPSA) is 108 Å². The summed E-state index contributed by atoms with van der Waals surface area (Å²) in [6, 6.07) is 7.72. The van der Waals surface area contributed by atoms with E-state index in [1.807, 2.05) is 0 Å². The molecule has 0 fully saturated rings. The molecule has 26 heavy (non-hydrogen) atoms. The normalized spacial score (nSPS) is 12.0. The molecule has 0 saturated carbocycles. The van der Waals surface area contributed by atoms with Crippen molar-refractivity contribution in [3.05, 3.63) is 46.0 Å². The molecule has 0 bridgehead atoms. The summed E-state index contributed by atoms with van der Waals surface area (Å²) >= 11 is 0. The molecule has 0 unspecified atom stereocenters. The smallest absolute Gasteiger partial charge is 0.336 e. The van der Waals surface area contributed by atoms with Crippen molar-refractivity contribution in [3.63, 3.8) is 0 Å². The van der Waals surface area contributed by atoms with Gasteiger partial charge in [0.25, 0.3) is 5.69 Å². The van der Waals surface area contributed by atoms with Crippen LogP contribution in [0.15, 0.2) is 30.3 Å². The number of hydrogen-bond acceptors (Lipinski definition) is 6. The van der Waals surface area contributed by atoms with Crippen LogP contribution < -0.4 is 14.2 Å². The molecule has 0 atom stereocenters. The second-order valence-electron chi connectivity index (χ2n) is 5.42. The van der Waals surface area contributed by atoms with Gasteiger partial charge in [-0.05, 0) is 17.5 Å². The number of benzene rings is 3. The molecular weight excluding hydrogens is 353 g/mol. The number of fused-ring (bicyclic) bond motifs is 5. The third kappa shape index (κ3) is 2.54. The molecule has 1 aliphatic heterocycles. The maximum Gasteiger partial charge on any atom is 0.336 e. The van der Waals surface area contributed by atoms with Crippen molar-refractivity contribution >= 4 is 62.8 Å². The zero-order valence-corrected chi connectivity index (χ0v) is 15.9. The van der Waals surface area contributed by atoms with Gasteiger partial charge in [-0.1, -0.05) is 12.1 Å². The molecule has 1 heterocycles. The molecule has 1 aliphatic rings. The molecule has 4 rings (SSSR count). The molecule has 0 amide bonds. The van der Waals surface area contributed by atoms with E-state index in [9.17, 15) is 20.0 Å². The summed E-state index contributed by atoms with van der Waals surface area (Å²) in [6.45, 7) is -0.0817. The van der Waals surface area contributed by atoms with Gasteiger partial charge >= 0.3 is 5.97 Å². The Labute approximate surface area is 168 Å². The zero-order valence-electron chi connectivity index (χ0n) is 13.9. The van der Waals surface area contributed by atoms with E-state index in [4.69, 9.17) is 14.2 Å². The average Bonchev–Trinajstić information content (AvgIpc) is 3.07. The van der Waals surface area contributed by atoms with Gasteiger partial charge in [-0.2, -0.15) is 0 Å². The van der Waals surface area contributed by atoms with E-state index in [0.717, 1.165) is 0 Å². The van der Waals surface area contributed by atoms with E-state index in [2.05, 4.69) is 0 Å². The van der Waals surface area contributed by atoms with E-state index in [1.54, 1.807) is 18.2 Å². The van der Waals surface area contributed by atoms with Gasteiger partial charge in [-0.3, -0.25) is 10.1 Å². The standard InChI is InChI=1S/C17H11NO7.Na/c1-23-12-4-2-3-8-9(12)5-11(18(21)22)14-10(17(19)20)6-13-16(15(8)14)25-7-24-13;/h2-6H,7H2,1H3,(H,19,20);. The van der Waals surface area contributed by atoms with E-state index in [-0.39, 0.29) is 58.7 Å². The van der Waals surface area contributed by atoms with Crippen LogP contribution in [0.3, 0.4) is 0 Å². The largest absolute Gasteiger partial charge is 0.496 e. The number of rotatable bonds is 3. The number of nitro groups is 1. The third-order valence-electron chi connectivity index (χ3n) is 4.18. The summed E-state index contributed by atoms with van der Waals surface area (Å²) in [6.07, 6.45) is 0. The van der Waals surface area contributed by atoms with Gasteiger partial charge in [0.1, 0.15) is 5.75 Å². The van der Waals surface area contributed by atoms with Gasteiger partial charge in [0.15, 0.2) is 11.5 Å². The van der Waals surface area contributed by atoms with Gasteiger partial charge in [-0.15, -0.1) is 0 Å². The second kappa shape index (κ2) is 6.64. The first-order chi connectivity index (χ1) is 12.0. The number of carboxylic acid groups (broad SMARTS) is 1. The fourth-order valence-corrected chi connectivity index (χ4v) is 3.18. The minimum atomic E-state index is -1.28. The van der Waals surface area contributed by atoms with Crippen molar-refractivity contribution in [2.45, 2.75) is 0 Å². The molecule has 0 saturated heterocycles. The number of nitro benzene ring substituents is 1. The van der Waals surface area contributed by atoms with Crippen LogP contribution >= 0.6 is 0 Å². The molecule has 0 aliphatic carbocycles. The third-order valence-corrected chi connectivity index (χ3v) is 4.18. The molecule has 0 aromatic heterocycles. The molecule has 1 N–H and O–H groups in total. The maximum absolute atomic E-state index is 11.7. The molecule has 1 radical (unpaired) electrons. The number of aromatic carboxylic acids is 1. The average molecular weight is 364 g/mol. The fraction of sp³-hybridized carbons (Fsp3) is 0.118. The Hall–Kier alpha value is -2.55. The predicted molar refractivity (Wildman–Crippen MR) is 93.5 cm³/mol. The Kier molecular flexibility index (Phi) is 4.66. The van der Waals surface area contributed by atoms with Crippen LogP contribution in [0.4, 0.5) is 5.69 Å². The zero-order chi connectivity index (χ0) is 17.7. The quantitative estimate of drug-likeness (QED) is 0.329. The number of carboxylic acids is 1. The van der Waals surface area contributed by atoms with Gasteiger partial charge < -0.3 is 19.3 Å². The predicted octanol–water partition coefficient (Wildman–Crippen LogP) is 2.96. The Bertz CT molecular complexity index is 1080. The molecule has 0 spiro atoms. The van der Waals surface area contributed by atoms with E-state index in [0.29, 0.717) is 27.7 Å². The maximum atomic E-state index is 11.7. The molecule has 127 valence electrons. The van der Waals surface area contributed by atoms with Crippen LogP contribution in [-0.2, 0) is 0 Å². The van der Waals surface area contributed by atoms with Crippen molar-refractivity contribution in [3.8, 4) is 17.2 Å². The Balaban J connectivity index is 0.00000196. The number of nitrogens with zero attached hydrogens (tertiary/aromatic N) is 1. The molecule has 9 heteroatoms. The number of ether oxygens (including phenoxy) is 3. The monoisotopic (exact) mass is 364 g/mol. The van der Waals surface area contributed by atoms with Crippen LogP contribution in [0, 0.1) is 10.1 Å². The van der Waals surface area contributed by atoms with Crippen molar-refractivity contribution in [1.82, 2.24) is 0 Å². The van der Waals surface area contributed by atoms with Crippen molar-refractivity contribution in [1.29, 1.82) is 0 Å². The molecule has 3 aromatic rings. The molecule has 3 aromatic carbocycles. The summed E-state index contributed by atoms with van der Waals surface area (Å²) in [5.41, 5.74) is -0.543. The van der Waals surface area contributed by atoms with E-state index >= 15 is 0 Å². The van der Waals surface area contributed by atoms with Crippen LogP contribution in [0.25, 0.3) is 21.5 Å². The summed E-state index contributed by atoms with van der Waals surface area (Å²) < 4.78 is 16.1. The number of non-ortho nitro benzene ring substituents is 1. The first-order valence-electron chi connectivity index (χ1n) is 7.26. The van der Waals surface area contributed by atoms with E-state index < -0.39 is 10.9 Å². The summed E-state index contributed by atoms with van der Waals surface area (Å²) in [7, 11) is 1.46. The number of hydrogen-bond donors (Lipinski definition) is 1. The van der Waals surface area contributed by atoms with Crippen LogP contribution in [0.2, 0.25) is 0 Å². The summed E-state index contributed by atoms with van der Waals surface area (Å²) in [5.74, 6) is -0.305. The van der Waals surface area contributed by atoms with Gasteiger partial charge in [0.05, 0.1) is 23.0 Å². The minimum absolute atomic E-state index is 0. The Morgan fingerprint density at radius 1 is 1.23 bits per heavy atom. The van der Waals surface area contributed by atoms with Crippen molar-refractivity contribution in [2.75, 3.05) is 13.9 Å². The Morgan fingerprint density at radius 2 is 2.00 bits per heavy atom. The SMILES string of the molecule is COc1cccc2c1cc([N+](=O)[O-])c1c(C(=O)O)cc3c(c12)OCO3.[Na]. The summed E-state index contributed by atoms with van der Waals surface area (Å²) in [5, 5.41) is 22.6. The van der Waals surface area contributed by atoms with E-state index in [1.165, 1.54) is 19.2 Å². The van der Waals surface area contributed by atoms with Crippen LogP contribution in [0.1, 0.15) is 10.4 Å². The van der Waals surface area contributed by atoms with Crippen molar-refractivity contribution in [2.24, 2.45) is 0 Å². The first kappa shape index (κ1) is 18.2. The number of carbonyl (C=O) groups is 1. The number of methoxy groups -OCH3 is 1. The van der Waals surface area contributed by atoms with Crippen molar-refractivity contribution < 1.29 is 29.0 Å². The Morgan fingerprint density at radius 3 is 2.65 bits per heavy atom. The fourth-order valence-electron chi connectivity index (χ4n) is 3.18. The molecular formula is C17H11NNaO7. The molecule has 8 nitrogen and oxygen atoms in total. The van der Waals surface area contributed by atoms with Gasteiger partial charge in [-0.25, -0.2) is 4.79 Å². The summed E-state index contributed by atoms with van der Waals surface area (Å²) in [4.78, 5) is 22.7. The van der Waals surface area contributed by atoms with Crippen LogP contribution in [-0.4, -0.2) is 59.5 Å². The van der Waals surface area contributed by atoms with Gasteiger partial charge in [0, 0.05) is 46.4 Å². The minimum Gasteiger partial charge on any atom is -0.496 e. The van der Waals surface area contributed by atoms with Gasteiger partial charge in [0.2, 0.25) is 6.79 Å². The van der Waals surface area contributed by atoms with Crippen LogP contribution in [0.5, 0.6) is 17.2 Å².